The van der Waals surface area contributed by atoms with E-state index in [1.807, 2.05) is 18.2 Å². The average molecular weight is 418 g/mol. The molecule has 0 unspecified atom stereocenters. The fourth-order valence-electron chi connectivity index (χ4n) is 5.71. The minimum Gasteiger partial charge on any atom is -0.486 e. The largest absolute Gasteiger partial charge is 0.486 e. The molecule has 6 rings (SSSR count). The lowest BCUT2D eigenvalue weighted by Gasteiger charge is -2.28. The first-order valence-electron chi connectivity index (χ1n) is 10.8. The highest BCUT2D eigenvalue weighted by Gasteiger charge is 2.64. The van der Waals surface area contributed by atoms with Crippen molar-refractivity contribution in [3.63, 3.8) is 0 Å². The minimum absolute atomic E-state index is 0.0682. The Hall–Kier alpha value is -3.19. The number of amides is 2. The Labute approximate surface area is 179 Å². The summed E-state index contributed by atoms with van der Waals surface area (Å²) in [6.07, 6.45) is 1.76. The molecule has 2 aromatic rings. The molecule has 31 heavy (non-hydrogen) atoms. The molecule has 0 saturated carbocycles. The summed E-state index contributed by atoms with van der Waals surface area (Å²) in [4.78, 5) is 43.9. The first kappa shape index (κ1) is 18.6. The van der Waals surface area contributed by atoms with E-state index in [0.717, 1.165) is 19.4 Å². The van der Waals surface area contributed by atoms with Gasteiger partial charge in [-0.2, -0.15) is 0 Å². The number of benzene rings is 2. The van der Waals surface area contributed by atoms with Gasteiger partial charge >= 0.3 is 0 Å². The van der Waals surface area contributed by atoms with Crippen LogP contribution in [0.25, 0.3) is 0 Å². The zero-order valence-corrected chi connectivity index (χ0v) is 16.9. The van der Waals surface area contributed by atoms with Crippen LogP contribution in [0.15, 0.2) is 48.5 Å². The van der Waals surface area contributed by atoms with Gasteiger partial charge in [0.15, 0.2) is 17.3 Å². The first-order chi connectivity index (χ1) is 15.1. The number of fused-ring (bicyclic) bond motifs is 4. The number of carbonyl (C=O) groups is 3. The van der Waals surface area contributed by atoms with E-state index in [1.165, 1.54) is 4.90 Å². The third-order valence-corrected chi connectivity index (χ3v) is 6.96. The Balaban J connectivity index is 1.39. The molecule has 3 fully saturated rings. The Morgan fingerprint density at radius 3 is 2.45 bits per heavy atom. The number of nitrogens with zero attached hydrogens (tertiary/aromatic N) is 2. The normalized spacial score (nSPS) is 29.2. The van der Waals surface area contributed by atoms with Crippen molar-refractivity contribution < 1.29 is 23.9 Å². The molecule has 0 bridgehead atoms. The summed E-state index contributed by atoms with van der Waals surface area (Å²) in [6.45, 7) is 1.64. The molecule has 3 saturated heterocycles. The van der Waals surface area contributed by atoms with Gasteiger partial charge in [0.25, 0.3) is 0 Å². The number of Topliss-reactive ketones (excluding diaryl/α,β-unsaturated/α-hetero) is 1. The van der Waals surface area contributed by atoms with Gasteiger partial charge in [0.05, 0.1) is 23.6 Å². The van der Waals surface area contributed by atoms with Crippen molar-refractivity contribution in [3.8, 4) is 11.5 Å². The fraction of sp³-hybridized carbons (Fsp3) is 0.375. The van der Waals surface area contributed by atoms with E-state index in [9.17, 15) is 14.4 Å². The smallest absolute Gasteiger partial charge is 0.239 e. The minimum atomic E-state index is -0.654. The van der Waals surface area contributed by atoms with Gasteiger partial charge in [-0.1, -0.05) is 30.3 Å². The Bertz CT molecular complexity index is 1080. The van der Waals surface area contributed by atoms with Crippen LogP contribution in [0.2, 0.25) is 0 Å². The zero-order chi connectivity index (χ0) is 21.1. The van der Waals surface area contributed by atoms with Crippen molar-refractivity contribution >= 4 is 23.3 Å². The second kappa shape index (κ2) is 6.92. The number of hydrogen-bond donors (Lipinski definition) is 0. The maximum Gasteiger partial charge on any atom is 0.239 e. The van der Waals surface area contributed by atoms with Crippen molar-refractivity contribution in [2.45, 2.75) is 24.9 Å². The van der Waals surface area contributed by atoms with E-state index in [4.69, 9.17) is 9.47 Å². The Morgan fingerprint density at radius 2 is 1.65 bits per heavy atom. The molecular weight excluding hydrogens is 396 g/mol. The summed E-state index contributed by atoms with van der Waals surface area (Å²) in [5, 5.41) is 0. The molecule has 0 N–H and O–H groups in total. The molecule has 2 aromatic carbocycles. The second-order valence-electron chi connectivity index (χ2n) is 8.51. The van der Waals surface area contributed by atoms with Crippen molar-refractivity contribution in [2.24, 2.45) is 11.8 Å². The standard InChI is InChI=1S/C24H22N2O5/c27-22(14-5-2-1-3-6-14)21-20-19(16-7-4-10-25(16)21)23(28)26(24(20)29)15-8-9-17-18(13-15)31-12-11-30-17/h1-3,5-6,8-9,13,16,19-21H,4,7,10-12H2/t16-,19-,20-,21+/m1/s1. The van der Waals surface area contributed by atoms with Gasteiger partial charge in [-0.05, 0) is 31.5 Å². The van der Waals surface area contributed by atoms with Crippen LogP contribution in [0.3, 0.4) is 0 Å². The van der Waals surface area contributed by atoms with Gasteiger partial charge < -0.3 is 9.47 Å². The van der Waals surface area contributed by atoms with E-state index < -0.39 is 17.9 Å². The van der Waals surface area contributed by atoms with Crippen LogP contribution in [-0.2, 0) is 9.59 Å². The predicted octanol–water partition coefficient (Wildman–Crippen LogP) is 2.29. The number of ketones is 1. The van der Waals surface area contributed by atoms with Gasteiger partial charge in [0, 0.05) is 17.7 Å². The van der Waals surface area contributed by atoms with Crippen LogP contribution in [0.1, 0.15) is 23.2 Å². The van der Waals surface area contributed by atoms with Crippen molar-refractivity contribution in [1.82, 2.24) is 4.90 Å². The van der Waals surface area contributed by atoms with Gasteiger partial charge in [0.1, 0.15) is 13.2 Å². The topological polar surface area (TPSA) is 76.1 Å². The number of hydrogen-bond acceptors (Lipinski definition) is 6. The average Bonchev–Trinajstić information content (AvgIpc) is 3.45. The molecule has 0 radical (unpaired) electrons. The Morgan fingerprint density at radius 1 is 0.903 bits per heavy atom. The number of ether oxygens (including phenoxy) is 2. The van der Waals surface area contributed by atoms with Crippen molar-refractivity contribution in [1.29, 1.82) is 0 Å². The molecule has 4 atom stereocenters. The summed E-state index contributed by atoms with van der Waals surface area (Å²) in [5.74, 6) is -0.596. The van der Waals surface area contributed by atoms with Crippen LogP contribution >= 0.6 is 0 Å². The van der Waals surface area contributed by atoms with Gasteiger partial charge in [-0.15, -0.1) is 0 Å². The van der Waals surface area contributed by atoms with Crippen molar-refractivity contribution in [2.75, 3.05) is 24.7 Å². The lowest BCUT2D eigenvalue weighted by Crippen LogP contribution is -2.46. The molecule has 0 spiro atoms. The van der Waals surface area contributed by atoms with Crippen LogP contribution < -0.4 is 14.4 Å². The van der Waals surface area contributed by atoms with Gasteiger partial charge in [-0.25, -0.2) is 4.90 Å². The quantitative estimate of drug-likeness (QED) is 0.562. The molecule has 4 heterocycles. The molecule has 4 aliphatic rings. The first-order valence-corrected chi connectivity index (χ1v) is 10.8. The van der Waals surface area contributed by atoms with E-state index in [0.29, 0.717) is 36.0 Å². The van der Waals surface area contributed by atoms with Gasteiger partial charge in [0.2, 0.25) is 11.8 Å². The molecule has 7 nitrogen and oxygen atoms in total. The highest BCUT2D eigenvalue weighted by atomic mass is 16.6. The summed E-state index contributed by atoms with van der Waals surface area (Å²) in [7, 11) is 0. The summed E-state index contributed by atoms with van der Waals surface area (Å²) < 4.78 is 11.2. The van der Waals surface area contributed by atoms with Crippen LogP contribution in [0.4, 0.5) is 5.69 Å². The number of anilines is 1. The second-order valence-corrected chi connectivity index (χ2v) is 8.51. The molecule has 0 aromatic heterocycles. The summed E-state index contributed by atoms with van der Waals surface area (Å²) in [6, 6.07) is 13.5. The Kier molecular flexibility index (Phi) is 4.14. The van der Waals surface area contributed by atoms with Crippen molar-refractivity contribution in [3.05, 3.63) is 54.1 Å². The zero-order valence-electron chi connectivity index (χ0n) is 16.9. The van der Waals surface area contributed by atoms with E-state index in [1.54, 1.807) is 30.3 Å². The maximum atomic E-state index is 13.6. The van der Waals surface area contributed by atoms with Gasteiger partial charge in [-0.3, -0.25) is 19.3 Å². The monoisotopic (exact) mass is 418 g/mol. The van der Waals surface area contributed by atoms with Crippen LogP contribution in [0, 0.1) is 11.8 Å². The third-order valence-electron chi connectivity index (χ3n) is 6.96. The van der Waals surface area contributed by atoms with Crippen LogP contribution in [-0.4, -0.2) is 54.3 Å². The summed E-state index contributed by atoms with van der Waals surface area (Å²) in [5.41, 5.74) is 1.06. The molecule has 7 heteroatoms. The molecule has 158 valence electrons. The van der Waals surface area contributed by atoms with E-state index in [2.05, 4.69) is 4.90 Å². The predicted molar refractivity (Wildman–Crippen MR) is 111 cm³/mol. The lowest BCUT2D eigenvalue weighted by molar-refractivity contribution is -0.123. The summed E-state index contributed by atoms with van der Waals surface area (Å²) >= 11 is 0. The van der Waals surface area contributed by atoms with E-state index >= 15 is 0 Å². The maximum absolute atomic E-state index is 13.6. The van der Waals surface area contributed by atoms with Crippen LogP contribution in [0.5, 0.6) is 11.5 Å². The number of carbonyl (C=O) groups excluding carboxylic acids is 3. The SMILES string of the molecule is O=C(c1ccccc1)[C@@H]1[C@@H]2C(=O)N(c3ccc4c(c3)OCCO4)C(=O)[C@@H]2[C@H]2CCCN21. The number of rotatable bonds is 3. The fourth-order valence-corrected chi connectivity index (χ4v) is 5.71. The molecule has 0 aliphatic carbocycles. The highest BCUT2D eigenvalue weighted by molar-refractivity contribution is 6.24. The lowest BCUT2D eigenvalue weighted by atomic mass is 9.85. The third kappa shape index (κ3) is 2.66. The molecule has 2 amide bonds. The number of imide groups is 1. The molecular formula is C24H22N2O5. The van der Waals surface area contributed by atoms with E-state index in [-0.39, 0.29) is 23.6 Å². The highest BCUT2D eigenvalue weighted by Crippen LogP contribution is 2.49. The molecule has 4 aliphatic heterocycles.